The van der Waals surface area contributed by atoms with Crippen molar-refractivity contribution in [1.29, 1.82) is 0 Å². The van der Waals surface area contributed by atoms with E-state index >= 15 is 0 Å². The van der Waals surface area contributed by atoms with Gasteiger partial charge in [-0.3, -0.25) is 9.59 Å². The van der Waals surface area contributed by atoms with E-state index in [0.29, 0.717) is 24.1 Å². The van der Waals surface area contributed by atoms with Crippen molar-refractivity contribution >= 4 is 28.1 Å². The molecular weight excluding hydrogens is 374 g/mol. The zero-order chi connectivity index (χ0) is 17.5. The molecule has 0 aromatic heterocycles. The molecular formula is C18H18BrNO4. The average molecular weight is 392 g/mol. The van der Waals surface area contributed by atoms with E-state index < -0.39 is 0 Å². The topological polar surface area (TPSA) is 55.8 Å². The number of carbonyl (C=O) groups is 2. The highest BCUT2D eigenvalue weighted by Gasteiger charge is 2.13. The number of halogens is 1. The van der Waals surface area contributed by atoms with Crippen molar-refractivity contribution in [2.24, 2.45) is 0 Å². The monoisotopic (exact) mass is 391 g/mol. The van der Waals surface area contributed by atoms with Gasteiger partial charge < -0.3 is 14.4 Å². The van der Waals surface area contributed by atoms with Gasteiger partial charge in [0.05, 0.1) is 12.7 Å². The molecule has 0 aliphatic carbocycles. The molecule has 0 radical (unpaired) electrons. The second-order valence-electron chi connectivity index (χ2n) is 5.15. The fourth-order valence-corrected chi connectivity index (χ4v) is 2.55. The maximum absolute atomic E-state index is 12.2. The number of likely N-dealkylation sites (N-methyl/N-ethyl adjacent to an activating group) is 1. The van der Waals surface area contributed by atoms with Crippen molar-refractivity contribution in [2.45, 2.75) is 6.54 Å². The van der Waals surface area contributed by atoms with Crippen molar-refractivity contribution in [3.63, 3.8) is 0 Å². The highest BCUT2D eigenvalue weighted by atomic mass is 79.9. The molecule has 5 nitrogen and oxygen atoms in total. The first-order valence-electron chi connectivity index (χ1n) is 7.28. The minimum atomic E-state index is -0.194. The van der Waals surface area contributed by atoms with Crippen LogP contribution in [0.3, 0.4) is 0 Å². The summed E-state index contributed by atoms with van der Waals surface area (Å²) in [5.74, 6) is 0.919. The molecule has 0 fully saturated rings. The molecule has 0 spiro atoms. The van der Waals surface area contributed by atoms with Crippen molar-refractivity contribution in [2.75, 3.05) is 20.8 Å². The van der Waals surface area contributed by atoms with Crippen LogP contribution in [0.15, 0.2) is 46.9 Å². The van der Waals surface area contributed by atoms with Crippen LogP contribution in [0.1, 0.15) is 15.9 Å². The Kier molecular flexibility index (Phi) is 6.37. The summed E-state index contributed by atoms with van der Waals surface area (Å²) in [7, 11) is 3.29. The summed E-state index contributed by atoms with van der Waals surface area (Å²) in [6.45, 7) is 0.265. The van der Waals surface area contributed by atoms with Gasteiger partial charge in [0.25, 0.3) is 5.91 Å². The van der Waals surface area contributed by atoms with Crippen LogP contribution in [0.2, 0.25) is 0 Å². The summed E-state index contributed by atoms with van der Waals surface area (Å²) in [6, 6.07) is 12.6. The second-order valence-corrected chi connectivity index (χ2v) is 6.07. The number of hydrogen-bond acceptors (Lipinski definition) is 4. The molecule has 24 heavy (non-hydrogen) atoms. The molecule has 6 heteroatoms. The Labute approximate surface area is 149 Å². The van der Waals surface area contributed by atoms with Crippen molar-refractivity contribution < 1.29 is 19.1 Å². The molecule has 0 saturated heterocycles. The van der Waals surface area contributed by atoms with E-state index in [-0.39, 0.29) is 12.5 Å². The number of ether oxygens (including phenoxy) is 2. The largest absolute Gasteiger partial charge is 0.496 e. The molecule has 126 valence electrons. The number of carbonyl (C=O) groups excluding carboxylic acids is 2. The van der Waals surface area contributed by atoms with Gasteiger partial charge in [-0.1, -0.05) is 34.1 Å². The summed E-state index contributed by atoms with van der Waals surface area (Å²) in [6.07, 6.45) is 0.698. The molecule has 0 aliphatic heterocycles. The minimum absolute atomic E-state index is 0.145. The SMILES string of the molecule is COc1ccccc1CN(C)C(=O)COc1ccc(Br)cc1C=O. The zero-order valence-electron chi connectivity index (χ0n) is 13.5. The van der Waals surface area contributed by atoms with Gasteiger partial charge in [0.2, 0.25) is 0 Å². The zero-order valence-corrected chi connectivity index (χ0v) is 15.1. The van der Waals surface area contributed by atoms with Crippen LogP contribution in [0, 0.1) is 0 Å². The van der Waals surface area contributed by atoms with Crippen LogP contribution < -0.4 is 9.47 Å². The molecule has 0 N–H and O–H groups in total. The van der Waals surface area contributed by atoms with Crippen LogP contribution in [-0.2, 0) is 11.3 Å². The third kappa shape index (κ3) is 4.58. The Hall–Kier alpha value is -2.34. The minimum Gasteiger partial charge on any atom is -0.496 e. The molecule has 2 aromatic rings. The molecule has 0 bridgehead atoms. The number of para-hydroxylation sites is 1. The fraction of sp³-hybridized carbons (Fsp3) is 0.222. The number of methoxy groups -OCH3 is 1. The maximum atomic E-state index is 12.2. The number of hydrogen-bond donors (Lipinski definition) is 0. The molecule has 2 aromatic carbocycles. The Morgan fingerprint density at radius 2 is 1.96 bits per heavy atom. The molecule has 0 unspecified atom stereocenters. The lowest BCUT2D eigenvalue weighted by molar-refractivity contribution is -0.132. The van der Waals surface area contributed by atoms with E-state index in [0.717, 1.165) is 15.8 Å². The quantitative estimate of drug-likeness (QED) is 0.679. The summed E-state index contributed by atoms with van der Waals surface area (Å²) in [5.41, 5.74) is 1.30. The van der Waals surface area contributed by atoms with Gasteiger partial charge in [-0.2, -0.15) is 0 Å². The average Bonchev–Trinajstić information content (AvgIpc) is 2.60. The first-order chi connectivity index (χ1) is 11.5. The van der Waals surface area contributed by atoms with Gasteiger partial charge in [0.1, 0.15) is 11.5 Å². The first-order valence-corrected chi connectivity index (χ1v) is 8.08. The van der Waals surface area contributed by atoms with Crippen molar-refractivity contribution in [3.05, 3.63) is 58.1 Å². The number of rotatable bonds is 7. The summed E-state index contributed by atoms with van der Waals surface area (Å²) in [5, 5.41) is 0. The van der Waals surface area contributed by atoms with E-state index in [2.05, 4.69) is 15.9 Å². The maximum Gasteiger partial charge on any atom is 0.260 e. The number of nitrogens with zero attached hydrogens (tertiary/aromatic N) is 1. The highest BCUT2D eigenvalue weighted by Crippen LogP contribution is 2.22. The summed E-state index contributed by atoms with van der Waals surface area (Å²) in [4.78, 5) is 24.9. The lowest BCUT2D eigenvalue weighted by atomic mass is 10.2. The predicted molar refractivity (Wildman–Crippen MR) is 94.5 cm³/mol. The Balaban J connectivity index is 1.98. The Morgan fingerprint density at radius 3 is 2.67 bits per heavy atom. The van der Waals surface area contributed by atoms with Gasteiger partial charge in [-0.25, -0.2) is 0 Å². The molecule has 0 atom stereocenters. The molecule has 1 amide bonds. The van der Waals surface area contributed by atoms with E-state index in [9.17, 15) is 9.59 Å². The van der Waals surface area contributed by atoms with E-state index in [1.54, 1.807) is 37.3 Å². The third-order valence-corrected chi connectivity index (χ3v) is 3.97. The van der Waals surface area contributed by atoms with Crippen LogP contribution in [-0.4, -0.2) is 37.9 Å². The van der Waals surface area contributed by atoms with E-state index in [1.165, 1.54) is 0 Å². The Morgan fingerprint density at radius 1 is 1.21 bits per heavy atom. The van der Waals surface area contributed by atoms with E-state index in [4.69, 9.17) is 9.47 Å². The second kappa shape index (κ2) is 8.49. The van der Waals surface area contributed by atoms with Crippen LogP contribution in [0.5, 0.6) is 11.5 Å². The van der Waals surface area contributed by atoms with E-state index in [1.807, 2.05) is 24.3 Å². The number of aldehydes is 1. The van der Waals surface area contributed by atoms with Gasteiger partial charge in [0, 0.05) is 23.6 Å². The van der Waals surface area contributed by atoms with Crippen molar-refractivity contribution in [3.8, 4) is 11.5 Å². The standard InChI is InChI=1S/C18H18BrNO4/c1-20(10-13-5-3-4-6-16(13)23-2)18(22)12-24-17-8-7-15(19)9-14(17)11-21/h3-9,11H,10,12H2,1-2H3. The molecule has 0 heterocycles. The number of benzene rings is 2. The van der Waals surface area contributed by atoms with Crippen LogP contribution in [0.25, 0.3) is 0 Å². The molecule has 0 saturated carbocycles. The summed E-state index contributed by atoms with van der Waals surface area (Å²) < 4.78 is 11.5. The highest BCUT2D eigenvalue weighted by molar-refractivity contribution is 9.10. The summed E-state index contributed by atoms with van der Waals surface area (Å²) >= 11 is 3.29. The smallest absolute Gasteiger partial charge is 0.260 e. The van der Waals surface area contributed by atoms with Gasteiger partial charge in [0.15, 0.2) is 12.9 Å². The van der Waals surface area contributed by atoms with Crippen molar-refractivity contribution in [1.82, 2.24) is 4.90 Å². The molecule has 2 rings (SSSR count). The number of amides is 1. The van der Waals surface area contributed by atoms with Gasteiger partial charge in [-0.15, -0.1) is 0 Å². The predicted octanol–water partition coefficient (Wildman–Crippen LogP) is 3.31. The van der Waals surface area contributed by atoms with Gasteiger partial charge >= 0.3 is 0 Å². The lowest BCUT2D eigenvalue weighted by Crippen LogP contribution is -2.31. The lowest BCUT2D eigenvalue weighted by Gasteiger charge is -2.19. The normalized spacial score (nSPS) is 10.1. The molecule has 0 aliphatic rings. The fourth-order valence-electron chi connectivity index (χ4n) is 2.17. The first kappa shape index (κ1) is 18.0. The van der Waals surface area contributed by atoms with Crippen LogP contribution in [0.4, 0.5) is 0 Å². The third-order valence-electron chi connectivity index (χ3n) is 3.48. The van der Waals surface area contributed by atoms with Gasteiger partial charge in [-0.05, 0) is 24.3 Å². The Bertz CT molecular complexity index is 733. The van der Waals surface area contributed by atoms with Crippen LogP contribution >= 0.6 is 15.9 Å².